The van der Waals surface area contributed by atoms with Gasteiger partial charge in [-0.25, -0.2) is 19.6 Å². The van der Waals surface area contributed by atoms with Gasteiger partial charge in [0, 0.05) is 55.0 Å². The molecule has 6 rings (SSSR count). The predicted octanol–water partition coefficient (Wildman–Crippen LogP) is 5.40. The summed E-state index contributed by atoms with van der Waals surface area (Å²) in [7, 11) is 1.86. The molecular formula is C31H37N9O2. The first-order chi connectivity index (χ1) is 20.5. The third-order valence-corrected chi connectivity index (χ3v) is 7.92. The van der Waals surface area contributed by atoms with Crippen LogP contribution in [0.4, 0.5) is 11.6 Å². The molecule has 5 aromatic rings. The van der Waals surface area contributed by atoms with Gasteiger partial charge in [-0.1, -0.05) is 26.0 Å². The minimum atomic E-state index is 0.0546. The lowest BCUT2D eigenvalue weighted by atomic mass is 10.0. The second-order valence-electron chi connectivity index (χ2n) is 10.5. The van der Waals surface area contributed by atoms with E-state index in [-0.39, 0.29) is 6.04 Å². The lowest BCUT2D eigenvalue weighted by Crippen LogP contribution is -2.28. The van der Waals surface area contributed by atoms with Crippen LogP contribution in [0.5, 0.6) is 11.6 Å². The normalized spacial score (nSPS) is 14.9. The maximum Gasteiger partial charge on any atom is 0.222 e. The van der Waals surface area contributed by atoms with Gasteiger partial charge in [0.2, 0.25) is 5.88 Å². The van der Waals surface area contributed by atoms with Crippen molar-refractivity contribution in [1.29, 1.82) is 0 Å². The minimum absolute atomic E-state index is 0.0546. The van der Waals surface area contributed by atoms with Crippen molar-refractivity contribution in [3.63, 3.8) is 0 Å². The summed E-state index contributed by atoms with van der Waals surface area (Å²) >= 11 is 0. The van der Waals surface area contributed by atoms with E-state index in [0.717, 1.165) is 65.1 Å². The Labute approximate surface area is 245 Å². The topological polar surface area (TPSA) is 108 Å². The van der Waals surface area contributed by atoms with E-state index in [0.29, 0.717) is 36.6 Å². The average Bonchev–Trinajstić information content (AvgIpc) is 3.56. The number of nitrogens with one attached hydrogen (secondary N) is 1. The quantitative estimate of drug-likeness (QED) is 0.276. The molecule has 42 heavy (non-hydrogen) atoms. The highest BCUT2D eigenvalue weighted by Gasteiger charge is 2.22. The number of hydrogen-bond donors (Lipinski definition) is 1. The number of hydrogen-bond acceptors (Lipinski definition) is 9. The molecular weight excluding hydrogens is 530 g/mol. The molecule has 0 amide bonds. The molecule has 0 unspecified atom stereocenters. The summed E-state index contributed by atoms with van der Waals surface area (Å²) in [5.41, 5.74) is 4.69. The number of likely N-dealkylation sites (N-methyl/N-ethyl adjacent to an activating group) is 1. The highest BCUT2D eigenvalue weighted by atomic mass is 16.5. The zero-order valence-electron chi connectivity index (χ0n) is 24.8. The van der Waals surface area contributed by atoms with E-state index < -0.39 is 0 Å². The van der Waals surface area contributed by atoms with Gasteiger partial charge in [0.25, 0.3) is 0 Å². The fourth-order valence-corrected chi connectivity index (χ4v) is 5.38. The number of benzene rings is 1. The third-order valence-electron chi connectivity index (χ3n) is 7.92. The number of ether oxygens (including phenoxy) is 2. The first-order valence-electron chi connectivity index (χ1n) is 14.6. The fourth-order valence-electron chi connectivity index (χ4n) is 5.38. The van der Waals surface area contributed by atoms with Crippen LogP contribution >= 0.6 is 0 Å². The van der Waals surface area contributed by atoms with Crippen molar-refractivity contribution in [2.45, 2.75) is 40.2 Å². The van der Waals surface area contributed by atoms with Crippen LogP contribution in [0.2, 0.25) is 0 Å². The van der Waals surface area contributed by atoms with Gasteiger partial charge in [-0.3, -0.25) is 4.68 Å². The van der Waals surface area contributed by atoms with Crippen molar-refractivity contribution < 1.29 is 9.47 Å². The highest BCUT2D eigenvalue weighted by Crippen LogP contribution is 2.36. The van der Waals surface area contributed by atoms with Crippen molar-refractivity contribution in [3.8, 4) is 34.3 Å². The van der Waals surface area contributed by atoms with Gasteiger partial charge in [-0.2, -0.15) is 10.2 Å². The number of rotatable bonds is 7. The van der Waals surface area contributed by atoms with Crippen molar-refractivity contribution in [2.24, 2.45) is 7.05 Å². The molecule has 0 spiro atoms. The molecule has 4 aromatic heterocycles. The second kappa shape index (κ2) is 11.8. The lowest BCUT2D eigenvalue weighted by Gasteiger charge is -2.19. The lowest BCUT2D eigenvalue weighted by molar-refractivity contribution is 0.222. The van der Waals surface area contributed by atoms with Gasteiger partial charge in [-0.15, -0.1) is 0 Å². The average molecular weight is 568 g/mol. The van der Waals surface area contributed by atoms with Crippen molar-refractivity contribution >= 4 is 22.5 Å². The molecule has 4 bridgehead atoms. The van der Waals surface area contributed by atoms with E-state index in [1.54, 1.807) is 17.1 Å². The maximum atomic E-state index is 6.25. The van der Waals surface area contributed by atoms with Crippen LogP contribution in [0.3, 0.4) is 0 Å². The molecule has 1 atom stereocenters. The number of aryl methyl sites for hydroxylation is 1. The van der Waals surface area contributed by atoms with Crippen LogP contribution in [-0.4, -0.2) is 72.3 Å². The molecule has 0 radical (unpaired) electrons. The van der Waals surface area contributed by atoms with E-state index in [1.807, 2.05) is 37.5 Å². The SMILES string of the molecule is CCN(CC)CCOc1cccc(-c2nn3c4cc(ncc24)Nc2ccnc(n2)-c2cnn(C)c2OCC[C@@H]3C)c1C. The van der Waals surface area contributed by atoms with Crippen LogP contribution in [0, 0.1) is 6.92 Å². The Morgan fingerprint density at radius 3 is 2.79 bits per heavy atom. The highest BCUT2D eigenvalue weighted by molar-refractivity contribution is 5.95. The number of anilines is 2. The summed E-state index contributed by atoms with van der Waals surface area (Å²) in [6, 6.07) is 10.1. The Balaban J connectivity index is 1.39. The van der Waals surface area contributed by atoms with E-state index in [9.17, 15) is 0 Å². The maximum absolute atomic E-state index is 6.25. The summed E-state index contributed by atoms with van der Waals surface area (Å²) in [4.78, 5) is 16.3. The molecule has 0 saturated heterocycles. The van der Waals surface area contributed by atoms with Crippen molar-refractivity contribution in [2.75, 3.05) is 38.2 Å². The van der Waals surface area contributed by atoms with Crippen LogP contribution in [0.15, 0.2) is 48.9 Å². The van der Waals surface area contributed by atoms with Gasteiger partial charge < -0.3 is 19.7 Å². The van der Waals surface area contributed by atoms with Crippen LogP contribution in [-0.2, 0) is 7.05 Å². The molecule has 0 saturated carbocycles. The van der Waals surface area contributed by atoms with Crippen LogP contribution in [0.25, 0.3) is 33.5 Å². The number of aromatic nitrogens is 7. The Kier molecular flexibility index (Phi) is 7.75. The van der Waals surface area contributed by atoms with Gasteiger partial charge in [0.15, 0.2) is 5.82 Å². The monoisotopic (exact) mass is 567 g/mol. The van der Waals surface area contributed by atoms with E-state index in [2.05, 4.69) is 58.7 Å². The van der Waals surface area contributed by atoms with Crippen molar-refractivity contribution in [1.82, 2.24) is 39.4 Å². The number of nitrogens with zero attached hydrogens (tertiary/aromatic N) is 8. The Morgan fingerprint density at radius 1 is 1.10 bits per heavy atom. The smallest absolute Gasteiger partial charge is 0.222 e. The standard InChI is InChI=1S/C31H37N9O2/c1-6-39(7-2)14-16-41-26-10-8-9-22(21(26)4)29-23-18-33-28-17-25(23)40(37-29)20(3)12-15-42-31-24(19-34-38(31)5)30-32-13-11-27(35-28)36-30/h8-11,13,17-20H,6-7,12,14-16H2,1-5H3,(H,32,33,35,36)/t20-/m0/s1. The molecule has 1 N–H and O–H groups in total. The molecule has 218 valence electrons. The Bertz CT molecular complexity index is 1710. The number of fused-ring (bicyclic) bond motifs is 5. The molecule has 1 aliphatic rings. The minimum Gasteiger partial charge on any atom is -0.492 e. The van der Waals surface area contributed by atoms with E-state index in [4.69, 9.17) is 24.5 Å². The molecule has 0 aliphatic carbocycles. The molecule has 1 aliphatic heterocycles. The fraction of sp³-hybridized carbons (Fsp3) is 0.387. The zero-order chi connectivity index (χ0) is 29.2. The molecule has 11 heteroatoms. The summed E-state index contributed by atoms with van der Waals surface area (Å²) < 4.78 is 16.3. The van der Waals surface area contributed by atoms with E-state index in [1.165, 1.54) is 0 Å². The van der Waals surface area contributed by atoms with Crippen molar-refractivity contribution in [3.05, 3.63) is 54.5 Å². The Hall–Kier alpha value is -4.51. The third kappa shape index (κ3) is 5.27. The Morgan fingerprint density at radius 2 is 1.95 bits per heavy atom. The molecule has 5 heterocycles. The summed E-state index contributed by atoms with van der Waals surface area (Å²) in [6.45, 7) is 12.6. The first kappa shape index (κ1) is 27.6. The zero-order valence-corrected chi connectivity index (χ0v) is 24.8. The van der Waals surface area contributed by atoms with Gasteiger partial charge in [0.05, 0.1) is 24.4 Å². The van der Waals surface area contributed by atoms with Gasteiger partial charge in [-0.05, 0) is 39.1 Å². The van der Waals surface area contributed by atoms with Crippen LogP contribution < -0.4 is 14.8 Å². The number of pyridine rings is 1. The second-order valence-corrected chi connectivity index (χ2v) is 10.5. The molecule has 11 nitrogen and oxygen atoms in total. The molecule has 0 fully saturated rings. The summed E-state index contributed by atoms with van der Waals surface area (Å²) in [6.07, 6.45) is 6.08. The summed E-state index contributed by atoms with van der Waals surface area (Å²) in [5, 5.41) is 13.9. The van der Waals surface area contributed by atoms with Gasteiger partial charge >= 0.3 is 0 Å². The molecule has 1 aromatic carbocycles. The first-order valence-corrected chi connectivity index (χ1v) is 14.6. The van der Waals surface area contributed by atoms with Crippen LogP contribution in [0.1, 0.15) is 38.8 Å². The predicted molar refractivity (Wildman–Crippen MR) is 163 cm³/mol. The van der Waals surface area contributed by atoms with Gasteiger partial charge in [0.1, 0.15) is 35.2 Å². The van der Waals surface area contributed by atoms with E-state index >= 15 is 0 Å². The largest absolute Gasteiger partial charge is 0.492 e. The summed E-state index contributed by atoms with van der Waals surface area (Å²) in [5.74, 6) is 3.35.